The lowest BCUT2D eigenvalue weighted by Crippen LogP contribution is -2.07. The Morgan fingerprint density at radius 3 is 1.23 bits per heavy atom. The number of halogens is 4. The zero-order chi connectivity index (χ0) is 33.3. The van der Waals surface area contributed by atoms with E-state index in [0.717, 1.165) is 89.9 Å². The Labute approximate surface area is 285 Å². The second-order valence-electron chi connectivity index (χ2n) is 14.0. The fourth-order valence-corrected chi connectivity index (χ4v) is 8.28. The highest BCUT2D eigenvalue weighted by atomic mass is 19.3. The first-order valence-corrected chi connectivity index (χ1v) is 18.5. The van der Waals surface area contributed by atoms with E-state index in [1.165, 1.54) is 66.8 Å². The average Bonchev–Trinajstić information content (AvgIpc) is 3.65. The molecule has 0 heterocycles. The van der Waals surface area contributed by atoms with E-state index in [1.807, 2.05) is 0 Å². The van der Waals surface area contributed by atoms with E-state index in [4.69, 9.17) is 0 Å². The molecule has 0 unspecified atom stereocenters. The summed E-state index contributed by atoms with van der Waals surface area (Å²) >= 11 is 0. The Hall–Kier alpha value is -3.40. The summed E-state index contributed by atoms with van der Waals surface area (Å²) in [6, 6.07) is 27.1. The van der Waals surface area contributed by atoms with E-state index in [1.54, 1.807) is 0 Å². The normalized spacial score (nSPS) is 12.9. The summed E-state index contributed by atoms with van der Waals surface area (Å²) in [5, 5.41) is 0. The Morgan fingerprint density at radius 1 is 0.396 bits per heavy atom. The first-order chi connectivity index (χ1) is 23.5. The lowest BCUT2D eigenvalue weighted by atomic mass is 9.86. The van der Waals surface area contributed by atoms with Gasteiger partial charge in [-0.2, -0.15) is 0 Å². The molecule has 48 heavy (non-hydrogen) atoms. The standard InChI is InChI=1S/C44H50F4/c45-43(46)21-9-5-1-3-7-15-31-23-25-39-35-19-13-11-17-33(35)29-41(39)37(31)27-28-38-32(16-8-4-2-6-10-22-44(47)48)24-26-40-36-20-14-12-18-34(36)30-42(38)40/h11-14,17-20,23-26,43-44H,1-10,15-16,21-22,27-30H2. The van der Waals surface area contributed by atoms with Crippen molar-refractivity contribution in [1.82, 2.24) is 0 Å². The van der Waals surface area contributed by atoms with E-state index in [2.05, 4.69) is 72.8 Å². The molecule has 0 atom stereocenters. The molecule has 0 amide bonds. The maximum atomic E-state index is 12.6. The van der Waals surface area contributed by atoms with Gasteiger partial charge in [-0.05, 0) is 131 Å². The molecule has 0 radical (unpaired) electrons. The third-order valence-electron chi connectivity index (χ3n) is 10.8. The van der Waals surface area contributed by atoms with Crippen LogP contribution in [0, 0.1) is 0 Å². The first kappa shape index (κ1) is 34.5. The number of aryl methyl sites for hydroxylation is 2. The number of hydrogen-bond acceptors (Lipinski definition) is 0. The monoisotopic (exact) mass is 654 g/mol. The van der Waals surface area contributed by atoms with Gasteiger partial charge in [0, 0.05) is 12.8 Å². The fraction of sp³-hybridized carbons (Fsp3) is 0.455. The van der Waals surface area contributed by atoms with Crippen LogP contribution in [-0.4, -0.2) is 12.9 Å². The average molecular weight is 655 g/mol. The second kappa shape index (κ2) is 16.8. The van der Waals surface area contributed by atoms with Gasteiger partial charge in [0.15, 0.2) is 0 Å². The van der Waals surface area contributed by atoms with E-state index in [9.17, 15) is 17.6 Å². The number of hydrogen-bond donors (Lipinski definition) is 0. The van der Waals surface area contributed by atoms with Crippen molar-refractivity contribution in [3.8, 4) is 22.3 Å². The minimum absolute atomic E-state index is 0.0209. The Balaban J connectivity index is 1.21. The van der Waals surface area contributed by atoms with E-state index >= 15 is 0 Å². The van der Waals surface area contributed by atoms with Crippen molar-refractivity contribution in [1.29, 1.82) is 0 Å². The predicted molar refractivity (Wildman–Crippen MR) is 192 cm³/mol. The minimum atomic E-state index is -2.19. The van der Waals surface area contributed by atoms with Crippen LogP contribution in [0.1, 0.15) is 122 Å². The van der Waals surface area contributed by atoms with Gasteiger partial charge in [0.2, 0.25) is 12.9 Å². The molecule has 0 saturated carbocycles. The summed E-state index contributed by atoms with van der Waals surface area (Å²) in [5.74, 6) is 0. The molecule has 2 aliphatic carbocycles. The number of alkyl halides is 4. The number of benzene rings is 4. The van der Waals surface area contributed by atoms with Gasteiger partial charge in [0.05, 0.1) is 0 Å². The third kappa shape index (κ3) is 8.41. The number of unbranched alkanes of at least 4 members (excludes halogenated alkanes) is 8. The van der Waals surface area contributed by atoms with Gasteiger partial charge in [-0.1, -0.05) is 111 Å². The van der Waals surface area contributed by atoms with Crippen molar-refractivity contribution < 1.29 is 17.6 Å². The van der Waals surface area contributed by atoms with E-state index in [-0.39, 0.29) is 12.8 Å². The van der Waals surface area contributed by atoms with Gasteiger partial charge in [-0.15, -0.1) is 0 Å². The molecule has 4 heteroatoms. The summed E-state index contributed by atoms with van der Waals surface area (Å²) in [7, 11) is 0. The predicted octanol–water partition coefficient (Wildman–Crippen LogP) is 12.9. The summed E-state index contributed by atoms with van der Waals surface area (Å²) in [5.41, 5.74) is 17.2. The quantitative estimate of drug-likeness (QED) is 0.0602. The smallest absolute Gasteiger partial charge is 0.211 e. The zero-order valence-electron chi connectivity index (χ0n) is 28.3. The molecule has 0 aromatic heterocycles. The Kier molecular flexibility index (Phi) is 12.1. The second-order valence-corrected chi connectivity index (χ2v) is 14.0. The Bertz CT molecular complexity index is 1530. The number of fused-ring (bicyclic) bond motifs is 6. The number of rotatable bonds is 19. The molecule has 0 N–H and O–H groups in total. The molecule has 0 fully saturated rings. The SMILES string of the molecule is FC(F)CCCCCCCc1ccc2c(c1CCc1c(CCCCCCCC(F)F)ccc3c1Cc1ccccc1-3)Cc1ccccc1-2. The molecule has 0 saturated heterocycles. The maximum absolute atomic E-state index is 12.6. The van der Waals surface area contributed by atoms with Gasteiger partial charge in [0.25, 0.3) is 0 Å². The molecule has 0 bridgehead atoms. The topological polar surface area (TPSA) is 0 Å². The van der Waals surface area contributed by atoms with E-state index in [0.29, 0.717) is 12.8 Å². The summed E-state index contributed by atoms with van der Waals surface area (Å²) in [4.78, 5) is 0. The van der Waals surface area contributed by atoms with Crippen LogP contribution in [0.3, 0.4) is 0 Å². The van der Waals surface area contributed by atoms with Crippen molar-refractivity contribution in [3.63, 3.8) is 0 Å². The lowest BCUT2D eigenvalue weighted by Gasteiger charge is -2.19. The molecule has 6 rings (SSSR count). The Morgan fingerprint density at radius 2 is 0.792 bits per heavy atom. The molecule has 2 aliphatic rings. The van der Waals surface area contributed by atoms with Crippen LogP contribution in [0.25, 0.3) is 22.3 Å². The summed E-state index contributed by atoms with van der Waals surface area (Å²) in [6.45, 7) is 0. The minimum Gasteiger partial charge on any atom is -0.211 e. The van der Waals surface area contributed by atoms with E-state index < -0.39 is 12.9 Å². The highest BCUT2D eigenvalue weighted by Crippen LogP contribution is 2.42. The van der Waals surface area contributed by atoms with Crippen molar-refractivity contribution in [2.24, 2.45) is 0 Å². The maximum Gasteiger partial charge on any atom is 0.238 e. The lowest BCUT2D eigenvalue weighted by molar-refractivity contribution is 0.133. The molecule has 0 nitrogen and oxygen atoms in total. The molecule has 0 aliphatic heterocycles. The van der Waals surface area contributed by atoms with Crippen LogP contribution < -0.4 is 0 Å². The summed E-state index contributed by atoms with van der Waals surface area (Å²) < 4.78 is 50.3. The van der Waals surface area contributed by atoms with Gasteiger partial charge in [0.1, 0.15) is 0 Å². The van der Waals surface area contributed by atoms with Crippen LogP contribution in [0.5, 0.6) is 0 Å². The molecular formula is C44H50F4. The van der Waals surface area contributed by atoms with Gasteiger partial charge < -0.3 is 0 Å². The van der Waals surface area contributed by atoms with Gasteiger partial charge >= 0.3 is 0 Å². The van der Waals surface area contributed by atoms with Crippen LogP contribution >= 0.6 is 0 Å². The van der Waals surface area contributed by atoms with Crippen molar-refractivity contribution in [2.75, 3.05) is 0 Å². The van der Waals surface area contributed by atoms with Gasteiger partial charge in [-0.25, -0.2) is 17.6 Å². The molecule has 4 aromatic rings. The largest absolute Gasteiger partial charge is 0.238 e. The van der Waals surface area contributed by atoms with Crippen molar-refractivity contribution >= 4 is 0 Å². The molecule has 4 aromatic carbocycles. The summed E-state index contributed by atoms with van der Waals surface area (Å²) in [6.07, 6.45) is 11.1. The van der Waals surface area contributed by atoms with Crippen LogP contribution in [0.4, 0.5) is 17.6 Å². The molecule has 0 spiro atoms. The van der Waals surface area contributed by atoms with Crippen LogP contribution in [0.2, 0.25) is 0 Å². The van der Waals surface area contributed by atoms with Crippen molar-refractivity contribution in [2.45, 2.75) is 128 Å². The highest BCUT2D eigenvalue weighted by molar-refractivity contribution is 5.80. The molecular weight excluding hydrogens is 604 g/mol. The highest BCUT2D eigenvalue weighted by Gasteiger charge is 2.25. The molecule has 254 valence electrons. The van der Waals surface area contributed by atoms with Crippen LogP contribution in [-0.2, 0) is 38.5 Å². The first-order valence-electron chi connectivity index (χ1n) is 18.5. The fourth-order valence-electron chi connectivity index (χ4n) is 8.28. The zero-order valence-corrected chi connectivity index (χ0v) is 28.3. The van der Waals surface area contributed by atoms with Crippen molar-refractivity contribution in [3.05, 3.63) is 117 Å². The van der Waals surface area contributed by atoms with Crippen LogP contribution in [0.15, 0.2) is 72.8 Å². The third-order valence-corrected chi connectivity index (χ3v) is 10.8. The van der Waals surface area contributed by atoms with Gasteiger partial charge in [-0.3, -0.25) is 0 Å².